The van der Waals surface area contributed by atoms with E-state index in [0.717, 1.165) is 32.1 Å². The van der Waals surface area contributed by atoms with Crippen LogP contribution in [-0.2, 0) is 9.47 Å². The van der Waals surface area contributed by atoms with Crippen molar-refractivity contribution in [3.63, 3.8) is 0 Å². The minimum atomic E-state index is -0.365. The Morgan fingerprint density at radius 2 is 2.18 bits per heavy atom. The average Bonchev–Trinajstić information content (AvgIpc) is 2.80. The van der Waals surface area contributed by atoms with Crippen LogP contribution in [0.4, 0.5) is 4.79 Å². The average molecular weight is 242 g/mol. The second-order valence-corrected chi connectivity index (χ2v) is 5.20. The first-order chi connectivity index (χ1) is 8.18. The first-order valence-corrected chi connectivity index (χ1v) is 6.48. The Labute approximate surface area is 102 Å². The van der Waals surface area contributed by atoms with E-state index in [1.807, 2.05) is 0 Å². The van der Waals surface area contributed by atoms with Gasteiger partial charge in [0.05, 0.1) is 18.2 Å². The fourth-order valence-corrected chi connectivity index (χ4v) is 2.47. The number of ether oxygens (including phenoxy) is 2. The van der Waals surface area contributed by atoms with Crippen molar-refractivity contribution in [1.82, 2.24) is 5.32 Å². The van der Waals surface area contributed by atoms with Gasteiger partial charge in [0, 0.05) is 6.61 Å². The van der Waals surface area contributed by atoms with Crippen molar-refractivity contribution in [2.24, 2.45) is 5.73 Å². The Bertz CT molecular complexity index is 258. The van der Waals surface area contributed by atoms with Crippen LogP contribution in [0.15, 0.2) is 0 Å². The van der Waals surface area contributed by atoms with Gasteiger partial charge in [0.1, 0.15) is 6.61 Å². The second kappa shape index (κ2) is 5.69. The SMILES string of the molecule is NC1(COC(=O)NC2CCOC2)CCCCC1. The maximum absolute atomic E-state index is 11.5. The minimum absolute atomic E-state index is 0.0996. The molecule has 2 aliphatic rings. The zero-order chi connectivity index (χ0) is 12.1. The smallest absolute Gasteiger partial charge is 0.407 e. The van der Waals surface area contributed by atoms with Gasteiger partial charge in [-0.1, -0.05) is 19.3 Å². The highest BCUT2D eigenvalue weighted by Gasteiger charge is 2.29. The molecule has 1 aliphatic heterocycles. The highest BCUT2D eigenvalue weighted by atomic mass is 16.6. The number of alkyl carbamates (subject to hydrolysis) is 1. The summed E-state index contributed by atoms with van der Waals surface area (Å²) in [5.41, 5.74) is 5.88. The molecule has 5 heteroatoms. The normalized spacial score (nSPS) is 27.7. The summed E-state index contributed by atoms with van der Waals surface area (Å²) in [5, 5.41) is 2.79. The summed E-state index contributed by atoms with van der Waals surface area (Å²) in [6, 6.07) is 0.0996. The molecule has 1 heterocycles. The molecule has 1 unspecified atom stereocenters. The molecule has 3 N–H and O–H groups in total. The molecule has 2 fully saturated rings. The molecule has 0 aromatic carbocycles. The third-order valence-corrected chi connectivity index (χ3v) is 3.59. The van der Waals surface area contributed by atoms with Crippen molar-refractivity contribution in [2.75, 3.05) is 19.8 Å². The molecule has 1 saturated heterocycles. The summed E-state index contributed by atoms with van der Waals surface area (Å²) >= 11 is 0. The van der Waals surface area contributed by atoms with E-state index in [0.29, 0.717) is 19.8 Å². The molecule has 1 atom stereocenters. The maximum atomic E-state index is 11.5. The molecule has 0 bridgehead atoms. The van der Waals surface area contributed by atoms with E-state index < -0.39 is 0 Å². The van der Waals surface area contributed by atoms with Crippen molar-refractivity contribution < 1.29 is 14.3 Å². The number of carbonyl (C=O) groups excluding carboxylic acids is 1. The number of nitrogens with one attached hydrogen (secondary N) is 1. The Morgan fingerprint density at radius 3 is 2.82 bits per heavy atom. The first-order valence-electron chi connectivity index (χ1n) is 6.48. The van der Waals surface area contributed by atoms with E-state index >= 15 is 0 Å². The Morgan fingerprint density at radius 1 is 1.41 bits per heavy atom. The van der Waals surface area contributed by atoms with Gasteiger partial charge < -0.3 is 20.5 Å². The lowest BCUT2D eigenvalue weighted by atomic mass is 9.83. The van der Waals surface area contributed by atoms with Crippen LogP contribution in [-0.4, -0.2) is 37.5 Å². The zero-order valence-electron chi connectivity index (χ0n) is 10.2. The number of nitrogens with two attached hydrogens (primary N) is 1. The van der Waals surface area contributed by atoms with Crippen LogP contribution in [0.2, 0.25) is 0 Å². The maximum Gasteiger partial charge on any atom is 0.407 e. The second-order valence-electron chi connectivity index (χ2n) is 5.20. The zero-order valence-corrected chi connectivity index (χ0v) is 10.2. The molecule has 0 aromatic rings. The van der Waals surface area contributed by atoms with Gasteiger partial charge in [-0.15, -0.1) is 0 Å². The summed E-state index contributed by atoms with van der Waals surface area (Å²) < 4.78 is 10.4. The number of carbonyl (C=O) groups is 1. The van der Waals surface area contributed by atoms with Gasteiger partial charge >= 0.3 is 6.09 Å². The van der Waals surface area contributed by atoms with Crippen molar-refractivity contribution in [3.8, 4) is 0 Å². The summed E-state index contributed by atoms with van der Waals surface area (Å²) in [6.45, 7) is 1.63. The van der Waals surface area contributed by atoms with E-state index in [-0.39, 0.29) is 17.7 Å². The van der Waals surface area contributed by atoms with Gasteiger partial charge in [0.15, 0.2) is 0 Å². The molecular formula is C12H22N2O3. The summed E-state index contributed by atoms with van der Waals surface area (Å²) in [4.78, 5) is 11.5. The summed E-state index contributed by atoms with van der Waals surface area (Å²) in [5.74, 6) is 0. The Kier molecular flexibility index (Phi) is 4.23. The topological polar surface area (TPSA) is 73.6 Å². The van der Waals surface area contributed by atoms with Crippen LogP contribution < -0.4 is 11.1 Å². The molecule has 0 spiro atoms. The van der Waals surface area contributed by atoms with Crippen LogP contribution >= 0.6 is 0 Å². The Balaban J connectivity index is 1.67. The van der Waals surface area contributed by atoms with Gasteiger partial charge in [0.25, 0.3) is 0 Å². The van der Waals surface area contributed by atoms with Crippen molar-refractivity contribution in [3.05, 3.63) is 0 Å². The highest BCUT2D eigenvalue weighted by Crippen LogP contribution is 2.26. The van der Waals surface area contributed by atoms with Crippen LogP contribution in [0.25, 0.3) is 0 Å². The van der Waals surface area contributed by atoms with E-state index in [2.05, 4.69) is 5.32 Å². The van der Waals surface area contributed by atoms with E-state index in [1.165, 1.54) is 6.42 Å². The van der Waals surface area contributed by atoms with Gasteiger partial charge in [-0.05, 0) is 19.3 Å². The molecule has 2 rings (SSSR count). The predicted molar refractivity (Wildman–Crippen MR) is 63.7 cm³/mol. The summed E-state index contributed by atoms with van der Waals surface area (Å²) in [6.07, 6.45) is 5.92. The molecule has 17 heavy (non-hydrogen) atoms. The monoisotopic (exact) mass is 242 g/mol. The quantitative estimate of drug-likeness (QED) is 0.779. The highest BCUT2D eigenvalue weighted by molar-refractivity contribution is 5.67. The number of hydrogen-bond donors (Lipinski definition) is 2. The Hall–Kier alpha value is -0.810. The molecule has 5 nitrogen and oxygen atoms in total. The lowest BCUT2D eigenvalue weighted by Gasteiger charge is -2.32. The molecule has 1 aliphatic carbocycles. The predicted octanol–water partition coefficient (Wildman–Crippen LogP) is 1.16. The fraction of sp³-hybridized carbons (Fsp3) is 0.917. The molecule has 0 radical (unpaired) electrons. The van der Waals surface area contributed by atoms with Gasteiger partial charge in [-0.2, -0.15) is 0 Å². The lowest BCUT2D eigenvalue weighted by Crippen LogP contribution is -2.48. The van der Waals surface area contributed by atoms with Crippen molar-refractivity contribution >= 4 is 6.09 Å². The van der Waals surface area contributed by atoms with Gasteiger partial charge in [-0.25, -0.2) is 4.79 Å². The third kappa shape index (κ3) is 3.85. The minimum Gasteiger partial charge on any atom is -0.448 e. The third-order valence-electron chi connectivity index (χ3n) is 3.59. The van der Waals surface area contributed by atoms with E-state index in [1.54, 1.807) is 0 Å². The largest absolute Gasteiger partial charge is 0.448 e. The lowest BCUT2D eigenvalue weighted by molar-refractivity contribution is 0.0974. The fourth-order valence-electron chi connectivity index (χ4n) is 2.47. The molecule has 1 saturated carbocycles. The number of amides is 1. The number of hydrogen-bond acceptors (Lipinski definition) is 4. The van der Waals surface area contributed by atoms with E-state index in [4.69, 9.17) is 15.2 Å². The first kappa shape index (κ1) is 12.6. The van der Waals surface area contributed by atoms with Crippen molar-refractivity contribution in [1.29, 1.82) is 0 Å². The van der Waals surface area contributed by atoms with Crippen LogP contribution in [0, 0.1) is 0 Å². The van der Waals surface area contributed by atoms with Crippen LogP contribution in [0.3, 0.4) is 0 Å². The molecule has 1 amide bonds. The number of rotatable bonds is 3. The molecule has 98 valence electrons. The van der Waals surface area contributed by atoms with Crippen LogP contribution in [0.5, 0.6) is 0 Å². The van der Waals surface area contributed by atoms with E-state index in [9.17, 15) is 4.79 Å². The molecule has 0 aromatic heterocycles. The van der Waals surface area contributed by atoms with Gasteiger partial charge in [0.2, 0.25) is 0 Å². The van der Waals surface area contributed by atoms with Crippen LogP contribution in [0.1, 0.15) is 38.5 Å². The van der Waals surface area contributed by atoms with Crippen molar-refractivity contribution in [2.45, 2.75) is 50.1 Å². The summed E-state index contributed by atoms with van der Waals surface area (Å²) in [7, 11) is 0. The van der Waals surface area contributed by atoms with Gasteiger partial charge in [-0.3, -0.25) is 0 Å². The standard InChI is InChI=1S/C12H22N2O3/c13-12(5-2-1-3-6-12)9-17-11(15)14-10-4-7-16-8-10/h10H,1-9,13H2,(H,14,15). The molecular weight excluding hydrogens is 220 g/mol.